The average Bonchev–Trinajstić information content (AvgIpc) is 2.07. The Morgan fingerprint density at radius 1 is 1.36 bits per heavy atom. The first kappa shape index (κ1) is 8.61. The standard InChI is InChI=1S/C6H10O5/c7-3-1-11-2-4(8)6(10)5(3)9/h3,5-7,9-10H,1-2H2/t3-,5-,6-/m1/s1. The van der Waals surface area contributed by atoms with Gasteiger partial charge in [-0.25, -0.2) is 0 Å². The van der Waals surface area contributed by atoms with E-state index in [9.17, 15) is 4.79 Å². The molecule has 0 aromatic carbocycles. The smallest absolute Gasteiger partial charge is 0.189 e. The van der Waals surface area contributed by atoms with Crippen molar-refractivity contribution in [2.75, 3.05) is 13.2 Å². The molecule has 0 bridgehead atoms. The Morgan fingerprint density at radius 2 is 2.00 bits per heavy atom. The molecule has 11 heavy (non-hydrogen) atoms. The lowest BCUT2D eigenvalue weighted by Crippen LogP contribution is -2.41. The number of ketones is 1. The summed E-state index contributed by atoms with van der Waals surface area (Å²) in [6, 6.07) is 0. The number of carbonyl (C=O) groups is 1. The summed E-state index contributed by atoms with van der Waals surface area (Å²) >= 11 is 0. The molecule has 3 N–H and O–H groups in total. The molecule has 3 atom stereocenters. The third kappa shape index (κ3) is 1.75. The first-order valence-corrected chi connectivity index (χ1v) is 3.27. The Balaban J connectivity index is 2.65. The van der Waals surface area contributed by atoms with Crippen LogP contribution in [-0.4, -0.2) is 52.6 Å². The van der Waals surface area contributed by atoms with Gasteiger partial charge in [-0.3, -0.25) is 4.79 Å². The van der Waals surface area contributed by atoms with Gasteiger partial charge in [-0.2, -0.15) is 0 Å². The van der Waals surface area contributed by atoms with Crippen molar-refractivity contribution in [3.05, 3.63) is 0 Å². The van der Waals surface area contributed by atoms with Gasteiger partial charge in [-0.15, -0.1) is 0 Å². The van der Waals surface area contributed by atoms with Crippen LogP contribution in [0.5, 0.6) is 0 Å². The fourth-order valence-electron chi connectivity index (χ4n) is 0.865. The third-order valence-electron chi connectivity index (χ3n) is 1.58. The number of Topliss-reactive ketones (excluding diaryl/α,β-unsaturated/α-hetero) is 1. The normalized spacial score (nSPS) is 40.3. The highest BCUT2D eigenvalue weighted by atomic mass is 16.5. The van der Waals surface area contributed by atoms with Gasteiger partial charge in [0.2, 0.25) is 0 Å². The number of hydrogen-bond acceptors (Lipinski definition) is 5. The number of aliphatic hydroxyl groups is 3. The fraction of sp³-hybridized carbons (Fsp3) is 0.833. The molecule has 0 amide bonds. The third-order valence-corrected chi connectivity index (χ3v) is 1.58. The van der Waals surface area contributed by atoms with Gasteiger partial charge < -0.3 is 20.1 Å². The molecule has 0 unspecified atom stereocenters. The number of hydrogen-bond donors (Lipinski definition) is 3. The molecule has 1 aliphatic heterocycles. The van der Waals surface area contributed by atoms with Crippen LogP contribution in [0.4, 0.5) is 0 Å². The SMILES string of the molecule is O=C1COC[C@@H](O)[C@@H](O)[C@@H]1O. The molecule has 0 radical (unpaired) electrons. The minimum Gasteiger partial charge on any atom is -0.388 e. The van der Waals surface area contributed by atoms with Gasteiger partial charge in [-0.1, -0.05) is 0 Å². The molecule has 5 nitrogen and oxygen atoms in total. The molecular weight excluding hydrogens is 152 g/mol. The maximum absolute atomic E-state index is 10.7. The van der Waals surface area contributed by atoms with Crippen LogP contribution in [-0.2, 0) is 9.53 Å². The van der Waals surface area contributed by atoms with Crippen LogP contribution in [0, 0.1) is 0 Å². The molecule has 64 valence electrons. The van der Waals surface area contributed by atoms with Gasteiger partial charge in [0.25, 0.3) is 0 Å². The van der Waals surface area contributed by atoms with Crippen LogP contribution in [0.1, 0.15) is 0 Å². The Labute approximate surface area is 63.2 Å². The Bertz CT molecular complexity index is 157. The van der Waals surface area contributed by atoms with Crippen molar-refractivity contribution >= 4 is 5.78 Å². The molecule has 0 aromatic rings. The minimum absolute atomic E-state index is 0.121. The predicted octanol–water partition coefficient (Wildman–Crippen LogP) is -2.33. The summed E-state index contributed by atoms with van der Waals surface area (Å²) < 4.78 is 4.64. The van der Waals surface area contributed by atoms with Crippen molar-refractivity contribution in [2.24, 2.45) is 0 Å². The number of ether oxygens (including phenoxy) is 1. The van der Waals surface area contributed by atoms with Crippen LogP contribution < -0.4 is 0 Å². The van der Waals surface area contributed by atoms with Crippen molar-refractivity contribution in [1.82, 2.24) is 0 Å². The second-order valence-electron chi connectivity index (χ2n) is 2.48. The van der Waals surface area contributed by atoms with E-state index in [1.165, 1.54) is 0 Å². The molecule has 0 aromatic heterocycles. The van der Waals surface area contributed by atoms with E-state index in [0.29, 0.717) is 0 Å². The Kier molecular flexibility index (Phi) is 2.56. The number of rotatable bonds is 0. The van der Waals surface area contributed by atoms with Crippen LogP contribution in [0.2, 0.25) is 0 Å². The van der Waals surface area contributed by atoms with Gasteiger partial charge >= 0.3 is 0 Å². The molecule has 5 heteroatoms. The zero-order chi connectivity index (χ0) is 8.43. The molecule has 0 aliphatic carbocycles. The quantitative estimate of drug-likeness (QED) is 0.372. The second kappa shape index (κ2) is 3.27. The van der Waals surface area contributed by atoms with Crippen molar-refractivity contribution < 1.29 is 24.9 Å². The van der Waals surface area contributed by atoms with Gasteiger partial charge in [0.05, 0.1) is 6.61 Å². The second-order valence-corrected chi connectivity index (χ2v) is 2.48. The molecule has 0 saturated carbocycles. The van der Waals surface area contributed by atoms with Crippen LogP contribution in [0.15, 0.2) is 0 Å². The highest BCUT2D eigenvalue weighted by Crippen LogP contribution is 2.06. The topological polar surface area (TPSA) is 87.0 Å². The zero-order valence-corrected chi connectivity index (χ0v) is 5.80. The average molecular weight is 162 g/mol. The summed E-state index contributed by atoms with van der Waals surface area (Å²) in [5.41, 5.74) is 0. The van der Waals surface area contributed by atoms with Crippen LogP contribution in [0.25, 0.3) is 0 Å². The Morgan fingerprint density at radius 3 is 2.64 bits per heavy atom. The van der Waals surface area contributed by atoms with E-state index in [4.69, 9.17) is 15.3 Å². The van der Waals surface area contributed by atoms with E-state index in [1.54, 1.807) is 0 Å². The highest BCUT2D eigenvalue weighted by Gasteiger charge is 2.33. The van der Waals surface area contributed by atoms with Gasteiger partial charge in [0, 0.05) is 0 Å². The van der Waals surface area contributed by atoms with E-state index in [1.807, 2.05) is 0 Å². The maximum Gasteiger partial charge on any atom is 0.189 e. The summed E-state index contributed by atoms with van der Waals surface area (Å²) in [6.45, 7) is -0.376. The van der Waals surface area contributed by atoms with E-state index in [0.717, 1.165) is 0 Å². The summed E-state index contributed by atoms with van der Waals surface area (Å²) in [7, 11) is 0. The molecule has 1 rings (SSSR count). The van der Waals surface area contributed by atoms with E-state index >= 15 is 0 Å². The largest absolute Gasteiger partial charge is 0.388 e. The monoisotopic (exact) mass is 162 g/mol. The van der Waals surface area contributed by atoms with Crippen molar-refractivity contribution in [2.45, 2.75) is 18.3 Å². The first-order valence-electron chi connectivity index (χ1n) is 3.27. The highest BCUT2D eigenvalue weighted by molar-refractivity contribution is 5.84. The van der Waals surface area contributed by atoms with E-state index in [2.05, 4.69) is 4.74 Å². The number of carbonyl (C=O) groups excluding carboxylic acids is 1. The Hall–Kier alpha value is -0.490. The van der Waals surface area contributed by atoms with Crippen LogP contribution >= 0.6 is 0 Å². The summed E-state index contributed by atoms with van der Waals surface area (Å²) in [4.78, 5) is 10.7. The number of aliphatic hydroxyl groups excluding tert-OH is 3. The van der Waals surface area contributed by atoms with E-state index in [-0.39, 0.29) is 13.2 Å². The molecule has 1 heterocycles. The van der Waals surface area contributed by atoms with Crippen molar-refractivity contribution in [3.8, 4) is 0 Å². The van der Waals surface area contributed by atoms with Gasteiger partial charge in [0.1, 0.15) is 24.9 Å². The lowest BCUT2D eigenvalue weighted by Gasteiger charge is -2.16. The van der Waals surface area contributed by atoms with Crippen LogP contribution in [0.3, 0.4) is 0 Å². The van der Waals surface area contributed by atoms with Gasteiger partial charge in [-0.05, 0) is 0 Å². The van der Waals surface area contributed by atoms with Crippen molar-refractivity contribution in [1.29, 1.82) is 0 Å². The summed E-state index contributed by atoms with van der Waals surface area (Å²) in [5.74, 6) is -0.603. The summed E-state index contributed by atoms with van der Waals surface area (Å²) in [6.07, 6.45) is -4.13. The van der Waals surface area contributed by atoms with Gasteiger partial charge in [0.15, 0.2) is 5.78 Å². The molecule has 1 aliphatic rings. The lowest BCUT2D eigenvalue weighted by atomic mass is 10.1. The maximum atomic E-state index is 10.7. The minimum atomic E-state index is -1.52. The first-order chi connectivity index (χ1) is 5.13. The van der Waals surface area contributed by atoms with E-state index < -0.39 is 24.1 Å². The summed E-state index contributed by atoms with van der Waals surface area (Å²) in [5, 5.41) is 26.9. The van der Waals surface area contributed by atoms with Crippen molar-refractivity contribution in [3.63, 3.8) is 0 Å². The predicted molar refractivity (Wildman–Crippen MR) is 33.8 cm³/mol. The zero-order valence-electron chi connectivity index (χ0n) is 5.80. The molecular formula is C6H10O5. The fourth-order valence-corrected chi connectivity index (χ4v) is 0.865. The molecule has 0 spiro atoms. The molecule has 1 fully saturated rings. The lowest BCUT2D eigenvalue weighted by molar-refractivity contribution is -0.135. The molecule has 1 saturated heterocycles.